The minimum atomic E-state index is -0.180. The molecule has 3 rings (SSSR count). The Labute approximate surface area is 173 Å². The van der Waals surface area contributed by atoms with Crippen molar-refractivity contribution < 1.29 is 9.53 Å². The van der Waals surface area contributed by atoms with E-state index in [4.69, 9.17) is 4.74 Å². The van der Waals surface area contributed by atoms with Gasteiger partial charge in [-0.05, 0) is 37.2 Å². The normalized spacial score (nSPS) is 15.6. The molecular formula is C22H31N5O2. The van der Waals surface area contributed by atoms with Gasteiger partial charge in [0, 0.05) is 44.5 Å². The minimum Gasteiger partial charge on any atom is -0.497 e. The van der Waals surface area contributed by atoms with Crippen LogP contribution in [0.3, 0.4) is 0 Å². The Morgan fingerprint density at radius 2 is 1.90 bits per heavy atom. The van der Waals surface area contributed by atoms with Gasteiger partial charge in [-0.25, -0.2) is 9.78 Å². The molecule has 7 heteroatoms. The van der Waals surface area contributed by atoms with E-state index in [-0.39, 0.29) is 12.1 Å². The number of ether oxygens (including phenoxy) is 1. The molecule has 1 aliphatic heterocycles. The van der Waals surface area contributed by atoms with Crippen molar-refractivity contribution in [2.45, 2.75) is 25.9 Å². The van der Waals surface area contributed by atoms with Gasteiger partial charge in [0.25, 0.3) is 0 Å². The van der Waals surface area contributed by atoms with Crippen molar-refractivity contribution in [3.8, 4) is 5.75 Å². The second-order valence-corrected chi connectivity index (χ2v) is 7.34. The molecule has 7 nitrogen and oxygen atoms in total. The Morgan fingerprint density at radius 1 is 1.17 bits per heavy atom. The average Bonchev–Trinajstić information content (AvgIpc) is 2.77. The van der Waals surface area contributed by atoms with Gasteiger partial charge in [0.2, 0.25) is 0 Å². The third-order valence-corrected chi connectivity index (χ3v) is 5.34. The molecule has 1 atom stereocenters. The lowest BCUT2D eigenvalue weighted by molar-refractivity contribution is 0.236. The second kappa shape index (κ2) is 10.1. The van der Waals surface area contributed by atoms with Gasteiger partial charge in [-0.3, -0.25) is 0 Å². The standard InChI is InChI=1S/C22H31N5O2/c1-4-20(17-7-9-19(29-3)10-8-17)25-22(28)24-16-18-6-5-11-23-21(18)27-14-12-26(2)13-15-27/h5-11,20H,4,12-16H2,1-3H3,(H2,24,25,28). The van der Waals surface area contributed by atoms with E-state index in [2.05, 4.69) is 39.4 Å². The summed E-state index contributed by atoms with van der Waals surface area (Å²) in [7, 11) is 3.78. The van der Waals surface area contributed by atoms with Gasteiger partial charge in [0.15, 0.2) is 0 Å². The van der Waals surface area contributed by atoms with E-state index in [9.17, 15) is 4.79 Å². The number of aromatic nitrogens is 1. The molecule has 29 heavy (non-hydrogen) atoms. The third kappa shape index (κ3) is 5.60. The molecule has 2 aromatic rings. The highest BCUT2D eigenvalue weighted by atomic mass is 16.5. The van der Waals surface area contributed by atoms with Crippen molar-refractivity contribution in [1.82, 2.24) is 20.5 Å². The summed E-state index contributed by atoms with van der Waals surface area (Å²) in [6.07, 6.45) is 2.62. The smallest absolute Gasteiger partial charge is 0.315 e. The number of likely N-dealkylation sites (N-methyl/N-ethyl adjacent to an activating group) is 1. The van der Waals surface area contributed by atoms with Crippen LogP contribution in [0.15, 0.2) is 42.6 Å². The predicted molar refractivity (Wildman–Crippen MR) is 115 cm³/mol. The van der Waals surface area contributed by atoms with E-state index in [0.717, 1.165) is 55.3 Å². The van der Waals surface area contributed by atoms with Gasteiger partial charge in [0.05, 0.1) is 13.2 Å². The van der Waals surface area contributed by atoms with Gasteiger partial charge in [-0.1, -0.05) is 25.1 Å². The molecule has 156 valence electrons. The molecule has 1 fully saturated rings. The minimum absolute atomic E-state index is 0.0492. The van der Waals surface area contributed by atoms with E-state index in [1.54, 1.807) is 7.11 Å². The summed E-state index contributed by atoms with van der Waals surface area (Å²) in [5, 5.41) is 6.06. The fourth-order valence-corrected chi connectivity index (χ4v) is 3.51. The lowest BCUT2D eigenvalue weighted by Gasteiger charge is -2.34. The largest absolute Gasteiger partial charge is 0.497 e. The molecule has 2 amide bonds. The fraction of sp³-hybridized carbons (Fsp3) is 0.455. The number of methoxy groups -OCH3 is 1. The number of nitrogens with zero attached hydrogens (tertiary/aromatic N) is 3. The first-order valence-corrected chi connectivity index (χ1v) is 10.2. The number of hydrogen-bond acceptors (Lipinski definition) is 5. The molecular weight excluding hydrogens is 366 g/mol. The summed E-state index contributed by atoms with van der Waals surface area (Å²) in [5.41, 5.74) is 2.09. The number of piperazine rings is 1. The Kier molecular flexibility index (Phi) is 7.30. The van der Waals surface area contributed by atoms with Gasteiger partial charge >= 0.3 is 6.03 Å². The first-order chi connectivity index (χ1) is 14.1. The molecule has 0 spiro atoms. The van der Waals surface area contributed by atoms with Crippen molar-refractivity contribution in [2.75, 3.05) is 45.2 Å². The van der Waals surface area contributed by atoms with E-state index in [0.29, 0.717) is 6.54 Å². The predicted octanol–water partition coefficient (Wildman–Crippen LogP) is 2.79. The molecule has 1 aromatic carbocycles. The topological polar surface area (TPSA) is 69.7 Å². The first kappa shape index (κ1) is 20.9. The summed E-state index contributed by atoms with van der Waals surface area (Å²) in [6.45, 7) is 6.43. The second-order valence-electron chi connectivity index (χ2n) is 7.34. The molecule has 0 aliphatic carbocycles. The first-order valence-electron chi connectivity index (χ1n) is 10.2. The highest BCUT2D eigenvalue weighted by molar-refractivity contribution is 5.74. The number of anilines is 1. The fourth-order valence-electron chi connectivity index (χ4n) is 3.51. The van der Waals surface area contributed by atoms with Gasteiger partial charge in [-0.15, -0.1) is 0 Å². The summed E-state index contributed by atoms with van der Waals surface area (Å²) in [6, 6.07) is 11.5. The molecule has 1 aromatic heterocycles. The summed E-state index contributed by atoms with van der Waals surface area (Å²) in [4.78, 5) is 21.7. The van der Waals surface area contributed by atoms with Crippen molar-refractivity contribution in [2.24, 2.45) is 0 Å². The number of rotatable bonds is 7. The van der Waals surface area contributed by atoms with Gasteiger partial charge < -0.3 is 25.2 Å². The van der Waals surface area contributed by atoms with Crippen LogP contribution in [-0.4, -0.2) is 56.3 Å². The van der Waals surface area contributed by atoms with Crippen LogP contribution in [0.5, 0.6) is 5.75 Å². The Balaban J connectivity index is 1.58. The lowest BCUT2D eigenvalue weighted by Crippen LogP contribution is -2.45. The van der Waals surface area contributed by atoms with Crippen LogP contribution in [-0.2, 0) is 6.54 Å². The van der Waals surface area contributed by atoms with Crippen molar-refractivity contribution in [3.63, 3.8) is 0 Å². The van der Waals surface area contributed by atoms with Crippen molar-refractivity contribution in [1.29, 1.82) is 0 Å². The van der Waals surface area contributed by atoms with E-state index >= 15 is 0 Å². The van der Waals surface area contributed by atoms with Crippen LogP contribution in [0.25, 0.3) is 0 Å². The zero-order valence-corrected chi connectivity index (χ0v) is 17.5. The molecule has 2 N–H and O–H groups in total. The average molecular weight is 398 g/mol. The number of carbonyl (C=O) groups excluding carboxylic acids is 1. The SMILES string of the molecule is CCC(NC(=O)NCc1cccnc1N1CCN(C)CC1)c1ccc(OC)cc1. The van der Waals surface area contributed by atoms with Crippen LogP contribution in [0.1, 0.15) is 30.5 Å². The van der Waals surface area contributed by atoms with E-state index in [1.165, 1.54) is 0 Å². The number of benzene rings is 1. The molecule has 0 bridgehead atoms. The monoisotopic (exact) mass is 397 g/mol. The zero-order chi connectivity index (χ0) is 20.6. The number of pyridine rings is 1. The van der Waals surface area contributed by atoms with Crippen LogP contribution in [0.4, 0.5) is 10.6 Å². The molecule has 1 unspecified atom stereocenters. The van der Waals surface area contributed by atoms with Gasteiger partial charge in [0.1, 0.15) is 11.6 Å². The highest BCUT2D eigenvalue weighted by Gasteiger charge is 2.18. The number of urea groups is 1. The molecule has 2 heterocycles. The van der Waals surface area contributed by atoms with Crippen LogP contribution in [0, 0.1) is 0 Å². The Morgan fingerprint density at radius 3 is 2.55 bits per heavy atom. The quantitative estimate of drug-likeness (QED) is 0.752. The number of nitrogens with one attached hydrogen (secondary N) is 2. The third-order valence-electron chi connectivity index (χ3n) is 5.34. The van der Waals surface area contributed by atoms with Crippen molar-refractivity contribution >= 4 is 11.8 Å². The van der Waals surface area contributed by atoms with Gasteiger partial charge in [-0.2, -0.15) is 0 Å². The maximum atomic E-state index is 12.5. The molecule has 0 radical (unpaired) electrons. The van der Waals surface area contributed by atoms with E-state index in [1.807, 2.05) is 42.6 Å². The molecule has 0 saturated carbocycles. The van der Waals surface area contributed by atoms with Crippen LogP contribution < -0.4 is 20.3 Å². The number of amides is 2. The molecule has 1 saturated heterocycles. The van der Waals surface area contributed by atoms with Crippen LogP contribution in [0.2, 0.25) is 0 Å². The Hall–Kier alpha value is -2.80. The maximum Gasteiger partial charge on any atom is 0.315 e. The molecule has 1 aliphatic rings. The van der Waals surface area contributed by atoms with E-state index < -0.39 is 0 Å². The zero-order valence-electron chi connectivity index (χ0n) is 17.5. The highest BCUT2D eigenvalue weighted by Crippen LogP contribution is 2.21. The van der Waals surface area contributed by atoms with Crippen molar-refractivity contribution in [3.05, 3.63) is 53.7 Å². The summed E-state index contributed by atoms with van der Waals surface area (Å²) < 4.78 is 5.21. The van der Waals surface area contributed by atoms with Crippen LogP contribution >= 0.6 is 0 Å². The Bertz CT molecular complexity index is 788. The number of carbonyl (C=O) groups is 1. The number of hydrogen-bond donors (Lipinski definition) is 2. The lowest BCUT2D eigenvalue weighted by atomic mass is 10.0. The summed E-state index contributed by atoms with van der Waals surface area (Å²) >= 11 is 0. The summed E-state index contributed by atoms with van der Waals surface area (Å²) in [5.74, 6) is 1.77. The maximum absolute atomic E-state index is 12.5.